The first kappa shape index (κ1) is 20.7. The first-order valence-corrected chi connectivity index (χ1v) is 11.2. The Balaban J connectivity index is 1.52. The van der Waals surface area contributed by atoms with E-state index in [0.717, 1.165) is 49.4 Å². The zero-order valence-corrected chi connectivity index (χ0v) is 17.2. The predicted octanol–water partition coefficient (Wildman–Crippen LogP) is 3.10. The van der Waals surface area contributed by atoms with Crippen LogP contribution in [0.2, 0.25) is 0 Å². The molecule has 3 rings (SSSR count). The van der Waals surface area contributed by atoms with Crippen LogP contribution >= 0.6 is 11.8 Å². The smallest absolute Gasteiger partial charge is 0.311 e. The summed E-state index contributed by atoms with van der Waals surface area (Å²) in [5.74, 6) is -1.21. The molecule has 1 aromatic carbocycles. The highest BCUT2D eigenvalue weighted by molar-refractivity contribution is 7.98. The molecule has 0 aliphatic carbocycles. The molecule has 1 atom stereocenters. The fourth-order valence-corrected chi connectivity index (χ4v) is 4.19. The Hall–Kier alpha value is -2.02. The number of likely N-dealkylation sites (tertiary alicyclic amines) is 1. The summed E-state index contributed by atoms with van der Waals surface area (Å²) >= 11 is 1.61. The minimum absolute atomic E-state index is 0.0877. The van der Waals surface area contributed by atoms with Crippen LogP contribution in [0.4, 0.5) is 5.69 Å². The van der Waals surface area contributed by atoms with E-state index < -0.39 is 11.9 Å². The average Bonchev–Trinajstić information content (AvgIpc) is 3.07. The van der Waals surface area contributed by atoms with Gasteiger partial charge in [0.1, 0.15) is 0 Å². The highest BCUT2D eigenvalue weighted by Gasteiger charge is 2.36. The summed E-state index contributed by atoms with van der Waals surface area (Å²) in [5, 5.41) is 0. The summed E-state index contributed by atoms with van der Waals surface area (Å²) in [6, 6.07) is 7.71. The molecule has 28 heavy (non-hydrogen) atoms. The summed E-state index contributed by atoms with van der Waals surface area (Å²) in [5.41, 5.74) is 0.795. The van der Waals surface area contributed by atoms with Crippen LogP contribution in [0.5, 0.6) is 0 Å². The number of carbonyl (C=O) groups is 3. The largest absolute Gasteiger partial charge is 0.455 e. The molecule has 2 heterocycles. The summed E-state index contributed by atoms with van der Waals surface area (Å²) in [7, 11) is 0. The van der Waals surface area contributed by atoms with E-state index in [0.29, 0.717) is 6.54 Å². The standard InChI is InChI=1S/C21H28N2O4S/c1-28-18-9-7-8-17(13-18)23-14-16(12-19(23)24)21(26)27-15-20(25)22-10-5-3-2-4-6-11-22/h7-9,13,16H,2-6,10-12,14-15H2,1H3/t16-/m0/s1. The number of hydrogen-bond donors (Lipinski definition) is 0. The fourth-order valence-electron chi connectivity index (χ4n) is 3.73. The minimum Gasteiger partial charge on any atom is -0.455 e. The number of thioether (sulfide) groups is 1. The Morgan fingerprint density at radius 3 is 2.57 bits per heavy atom. The number of ether oxygens (including phenoxy) is 1. The monoisotopic (exact) mass is 404 g/mol. The SMILES string of the molecule is CSc1cccc(N2C[C@@H](C(=O)OCC(=O)N3CCCCCCC3)CC2=O)c1. The van der Waals surface area contributed by atoms with Gasteiger partial charge in [-0.1, -0.05) is 25.3 Å². The van der Waals surface area contributed by atoms with Gasteiger partial charge in [-0.25, -0.2) is 0 Å². The van der Waals surface area contributed by atoms with Gasteiger partial charge in [0.25, 0.3) is 5.91 Å². The second kappa shape index (κ2) is 9.96. The van der Waals surface area contributed by atoms with Crippen LogP contribution in [-0.4, -0.2) is 55.2 Å². The van der Waals surface area contributed by atoms with Crippen LogP contribution in [0.1, 0.15) is 38.5 Å². The molecule has 2 fully saturated rings. The molecule has 0 radical (unpaired) electrons. The fraction of sp³-hybridized carbons (Fsp3) is 0.571. The lowest BCUT2D eigenvalue weighted by atomic mass is 10.1. The van der Waals surface area contributed by atoms with E-state index in [9.17, 15) is 14.4 Å². The lowest BCUT2D eigenvalue weighted by Gasteiger charge is -2.24. The van der Waals surface area contributed by atoms with Gasteiger partial charge in [-0.3, -0.25) is 14.4 Å². The molecule has 6 nitrogen and oxygen atoms in total. The van der Waals surface area contributed by atoms with Crippen molar-refractivity contribution < 1.29 is 19.1 Å². The average molecular weight is 405 g/mol. The number of benzene rings is 1. The van der Waals surface area contributed by atoms with Gasteiger partial charge in [-0.15, -0.1) is 11.8 Å². The van der Waals surface area contributed by atoms with Crippen molar-refractivity contribution in [1.29, 1.82) is 0 Å². The highest BCUT2D eigenvalue weighted by atomic mass is 32.2. The molecule has 7 heteroatoms. The number of esters is 1. The topological polar surface area (TPSA) is 66.9 Å². The maximum Gasteiger partial charge on any atom is 0.311 e. The van der Waals surface area contributed by atoms with Gasteiger partial charge in [-0.2, -0.15) is 0 Å². The Labute approximate surface area is 170 Å². The first-order valence-electron chi connectivity index (χ1n) is 9.97. The number of anilines is 1. The summed E-state index contributed by atoms with van der Waals surface area (Å²) in [6.07, 6.45) is 7.61. The second-order valence-corrected chi connectivity index (χ2v) is 8.24. The second-order valence-electron chi connectivity index (χ2n) is 7.36. The van der Waals surface area contributed by atoms with Crippen LogP contribution in [-0.2, 0) is 19.1 Å². The summed E-state index contributed by atoms with van der Waals surface area (Å²) in [6.45, 7) is 1.54. The Morgan fingerprint density at radius 1 is 1.14 bits per heavy atom. The quantitative estimate of drug-likeness (QED) is 0.557. The lowest BCUT2D eigenvalue weighted by molar-refractivity contribution is -0.155. The molecule has 0 spiro atoms. The zero-order valence-electron chi connectivity index (χ0n) is 16.4. The Morgan fingerprint density at radius 2 is 1.86 bits per heavy atom. The lowest BCUT2D eigenvalue weighted by Crippen LogP contribution is -2.37. The van der Waals surface area contributed by atoms with Crippen LogP contribution in [0.25, 0.3) is 0 Å². The van der Waals surface area contributed by atoms with E-state index in [-0.39, 0.29) is 24.8 Å². The first-order chi connectivity index (χ1) is 13.6. The summed E-state index contributed by atoms with van der Waals surface area (Å²) in [4.78, 5) is 41.7. The van der Waals surface area contributed by atoms with Crippen LogP contribution in [0, 0.1) is 5.92 Å². The van der Waals surface area contributed by atoms with E-state index in [4.69, 9.17) is 4.74 Å². The van der Waals surface area contributed by atoms with Crippen LogP contribution < -0.4 is 4.90 Å². The van der Waals surface area contributed by atoms with E-state index in [1.54, 1.807) is 21.6 Å². The Bertz CT molecular complexity index is 716. The van der Waals surface area contributed by atoms with Crippen molar-refractivity contribution >= 4 is 35.2 Å². The maximum atomic E-state index is 12.4. The van der Waals surface area contributed by atoms with Crippen LogP contribution in [0.3, 0.4) is 0 Å². The van der Waals surface area contributed by atoms with Crippen molar-refractivity contribution in [2.24, 2.45) is 5.92 Å². The molecule has 152 valence electrons. The molecule has 2 aliphatic rings. The van der Waals surface area contributed by atoms with Crippen LogP contribution in [0.15, 0.2) is 29.2 Å². The highest BCUT2D eigenvalue weighted by Crippen LogP contribution is 2.28. The molecule has 2 amide bonds. The van der Waals surface area contributed by atoms with Crippen molar-refractivity contribution in [3.63, 3.8) is 0 Å². The van der Waals surface area contributed by atoms with Gasteiger partial charge in [0.2, 0.25) is 5.91 Å². The third-order valence-electron chi connectivity index (χ3n) is 5.37. The number of rotatable bonds is 5. The third kappa shape index (κ3) is 5.28. The molecule has 1 aromatic rings. The van der Waals surface area contributed by atoms with Gasteiger partial charge in [0.05, 0.1) is 5.92 Å². The van der Waals surface area contributed by atoms with Gasteiger partial charge < -0.3 is 14.5 Å². The van der Waals surface area contributed by atoms with Crippen molar-refractivity contribution in [2.75, 3.05) is 37.4 Å². The zero-order chi connectivity index (χ0) is 19.9. The van der Waals surface area contributed by atoms with Crippen molar-refractivity contribution in [1.82, 2.24) is 4.90 Å². The molecule has 0 bridgehead atoms. The molecular weight excluding hydrogens is 376 g/mol. The van der Waals surface area contributed by atoms with Gasteiger partial charge in [0, 0.05) is 36.6 Å². The third-order valence-corrected chi connectivity index (χ3v) is 6.10. The van der Waals surface area contributed by atoms with Gasteiger partial charge in [0.15, 0.2) is 6.61 Å². The van der Waals surface area contributed by atoms with E-state index in [1.807, 2.05) is 30.5 Å². The normalized spacial score (nSPS) is 20.6. The molecule has 0 aromatic heterocycles. The molecule has 2 aliphatic heterocycles. The molecule has 2 saturated heterocycles. The van der Waals surface area contributed by atoms with Crippen molar-refractivity contribution in [3.8, 4) is 0 Å². The molecule has 0 unspecified atom stereocenters. The van der Waals surface area contributed by atoms with Gasteiger partial charge in [-0.05, 0) is 37.3 Å². The number of nitrogens with zero attached hydrogens (tertiary/aromatic N) is 2. The summed E-state index contributed by atoms with van der Waals surface area (Å²) < 4.78 is 5.28. The maximum absolute atomic E-state index is 12.4. The minimum atomic E-state index is -0.523. The van der Waals surface area contributed by atoms with Crippen molar-refractivity contribution in [2.45, 2.75) is 43.4 Å². The number of carbonyl (C=O) groups excluding carboxylic acids is 3. The number of hydrogen-bond acceptors (Lipinski definition) is 5. The number of amides is 2. The predicted molar refractivity (Wildman–Crippen MR) is 109 cm³/mol. The Kier molecular flexibility index (Phi) is 7.36. The molecule has 0 N–H and O–H groups in total. The van der Waals surface area contributed by atoms with Gasteiger partial charge >= 0.3 is 5.97 Å². The van der Waals surface area contributed by atoms with E-state index in [1.165, 1.54) is 6.42 Å². The molecule has 0 saturated carbocycles. The molecular formula is C21H28N2O4S. The van der Waals surface area contributed by atoms with E-state index in [2.05, 4.69) is 0 Å². The van der Waals surface area contributed by atoms with E-state index >= 15 is 0 Å². The van der Waals surface area contributed by atoms with Crippen molar-refractivity contribution in [3.05, 3.63) is 24.3 Å².